The first-order chi connectivity index (χ1) is 8.16. The molecular formula is C13H14ClN3O. The van der Waals surface area contributed by atoms with Crippen molar-refractivity contribution in [1.82, 2.24) is 0 Å². The van der Waals surface area contributed by atoms with Crippen LogP contribution >= 0.6 is 0 Å². The molecule has 1 aromatic carbocycles. The van der Waals surface area contributed by atoms with Gasteiger partial charge in [-0.25, -0.2) is 0 Å². The number of hydrogen-bond acceptors (Lipinski definition) is 2. The van der Waals surface area contributed by atoms with E-state index in [1.165, 1.54) is 0 Å². The number of nitrogens with zero attached hydrogens (tertiary/aromatic N) is 1. The van der Waals surface area contributed by atoms with E-state index in [0.717, 1.165) is 5.69 Å². The molecule has 0 atom stereocenters. The van der Waals surface area contributed by atoms with Gasteiger partial charge >= 0.3 is 5.91 Å². The Morgan fingerprint density at radius 3 is 2.44 bits per heavy atom. The lowest BCUT2D eigenvalue weighted by Gasteiger charge is -2.03. The molecule has 5 heteroatoms. The number of halogens is 1. The van der Waals surface area contributed by atoms with Crippen LogP contribution in [0.25, 0.3) is 0 Å². The minimum absolute atomic E-state index is 0. The zero-order chi connectivity index (χ0) is 12.3. The van der Waals surface area contributed by atoms with E-state index in [9.17, 15) is 4.79 Å². The van der Waals surface area contributed by atoms with Crippen molar-refractivity contribution in [3.8, 4) is 0 Å². The van der Waals surface area contributed by atoms with E-state index >= 15 is 0 Å². The number of hydrogen-bond donors (Lipinski definition) is 2. The van der Waals surface area contributed by atoms with E-state index in [1.807, 2.05) is 25.4 Å². The zero-order valence-electron chi connectivity index (χ0n) is 9.93. The van der Waals surface area contributed by atoms with Crippen LogP contribution in [0.3, 0.4) is 0 Å². The molecule has 94 valence electrons. The number of benzene rings is 1. The molecule has 0 aliphatic rings. The molecule has 0 aliphatic carbocycles. The van der Waals surface area contributed by atoms with Gasteiger partial charge in [0, 0.05) is 23.5 Å². The van der Waals surface area contributed by atoms with Crippen molar-refractivity contribution in [3.05, 3.63) is 54.4 Å². The molecule has 0 radical (unpaired) electrons. The Morgan fingerprint density at radius 1 is 1.17 bits per heavy atom. The van der Waals surface area contributed by atoms with Crippen molar-refractivity contribution in [2.75, 3.05) is 11.1 Å². The van der Waals surface area contributed by atoms with Crippen molar-refractivity contribution < 1.29 is 21.8 Å². The smallest absolute Gasteiger partial charge is 0.320 e. The lowest BCUT2D eigenvalue weighted by atomic mass is 10.2. The van der Waals surface area contributed by atoms with Gasteiger partial charge in [-0.1, -0.05) is 0 Å². The second kappa shape index (κ2) is 6.02. The van der Waals surface area contributed by atoms with E-state index in [0.29, 0.717) is 11.4 Å². The van der Waals surface area contributed by atoms with Gasteiger partial charge in [0.1, 0.15) is 7.05 Å². The van der Waals surface area contributed by atoms with Crippen LogP contribution in [0.1, 0.15) is 10.5 Å². The summed E-state index contributed by atoms with van der Waals surface area (Å²) in [6, 6.07) is 12.5. The molecule has 0 unspecified atom stereocenters. The second-order valence-corrected chi connectivity index (χ2v) is 3.77. The number of anilines is 2. The highest BCUT2D eigenvalue weighted by Crippen LogP contribution is 2.11. The maximum Gasteiger partial charge on any atom is 0.320 e. The lowest BCUT2D eigenvalue weighted by molar-refractivity contribution is -0.673. The molecular weight excluding hydrogens is 250 g/mol. The lowest BCUT2D eigenvalue weighted by Crippen LogP contribution is -3.00. The van der Waals surface area contributed by atoms with Crippen LogP contribution in [-0.4, -0.2) is 5.91 Å². The number of nitrogens with two attached hydrogens (primary N) is 1. The topological polar surface area (TPSA) is 59.0 Å². The first kappa shape index (κ1) is 14.0. The van der Waals surface area contributed by atoms with E-state index in [4.69, 9.17) is 5.73 Å². The summed E-state index contributed by atoms with van der Waals surface area (Å²) < 4.78 is 1.77. The molecule has 1 amide bonds. The molecule has 3 N–H and O–H groups in total. The molecule has 0 saturated heterocycles. The molecule has 1 heterocycles. The van der Waals surface area contributed by atoms with Crippen molar-refractivity contribution in [1.29, 1.82) is 0 Å². The number of nitrogen functional groups attached to an aromatic ring is 1. The van der Waals surface area contributed by atoms with Gasteiger partial charge in [-0.2, -0.15) is 4.57 Å². The Bertz CT molecular complexity index is 540. The normalized spacial score (nSPS) is 9.39. The van der Waals surface area contributed by atoms with Crippen LogP contribution in [0.15, 0.2) is 48.7 Å². The summed E-state index contributed by atoms with van der Waals surface area (Å²) in [7, 11) is 1.83. The van der Waals surface area contributed by atoms with Gasteiger partial charge in [0.05, 0.1) is 0 Å². The minimum atomic E-state index is -0.141. The van der Waals surface area contributed by atoms with Gasteiger partial charge < -0.3 is 23.5 Å². The van der Waals surface area contributed by atoms with Crippen LogP contribution in [0.2, 0.25) is 0 Å². The second-order valence-electron chi connectivity index (χ2n) is 3.77. The summed E-state index contributed by atoms with van der Waals surface area (Å²) in [5.74, 6) is -0.141. The highest BCUT2D eigenvalue weighted by atomic mass is 35.5. The molecule has 18 heavy (non-hydrogen) atoms. The molecule has 2 rings (SSSR count). The fourth-order valence-electron chi connectivity index (χ4n) is 1.52. The van der Waals surface area contributed by atoms with E-state index < -0.39 is 0 Å². The average molecular weight is 264 g/mol. The Hall–Kier alpha value is -2.07. The molecule has 0 spiro atoms. The largest absolute Gasteiger partial charge is 1.00 e. The summed E-state index contributed by atoms with van der Waals surface area (Å²) >= 11 is 0. The summed E-state index contributed by atoms with van der Waals surface area (Å²) in [4.78, 5) is 12.0. The number of nitrogens with one attached hydrogen (secondary N) is 1. The molecule has 0 bridgehead atoms. The van der Waals surface area contributed by atoms with Gasteiger partial charge in [-0.3, -0.25) is 4.79 Å². The molecule has 0 saturated carbocycles. The molecule has 0 aliphatic heterocycles. The molecule has 0 fully saturated rings. The third-order valence-corrected chi connectivity index (χ3v) is 2.46. The van der Waals surface area contributed by atoms with Crippen molar-refractivity contribution in [2.45, 2.75) is 0 Å². The summed E-state index contributed by atoms with van der Waals surface area (Å²) in [6.45, 7) is 0. The standard InChI is InChI=1S/C13H13N3O.ClH/c1-16-9-3-2-4-12(16)13(17)15-11-7-5-10(14)6-8-11;/h2-9,14,17H,1H3;1H. The predicted molar refractivity (Wildman–Crippen MR) is 66.4 cm³/mol. The Balaban J connectivity index is 0.00000162. The van der Waals surface area contributed by atoms with Crippen LogP contribution in [0.4, 0.5) is 11.4 Å². The Morgan fingerprint density at radius 2 is 1.83 bits per heavy atom. The van der Waals surface area contributed by atoms with Gasteiger partial charge in [0.15, 0.2) is 6.20 Å². The quantitative estimate of drug-likeness (QED) is 0.504. The number of rotatable bonds is 2. The van der Waals surface area contributed by atoms with Crippen LogP contribution in [-0.2, 0) is 7.05 Å². The molecule has 1 aromatic heterocycles. The first-order valence-corrected chi connectivity index (χ1v) is 5.28. The maximum atomic E-state index is 12.0. The van der Waals surface area contributed by atoms with Crippen molar-refractivity contribution >= 4 is 17.3 Å². The Kier molecular flexibility index (Phi) is 4.68. The van der Waals surface area contributed by atoms with Gasteiger partial charge in [0.2, 0.25) is 0 Å². The summed E-state index contributed by atoms with van der Waals surface area (Å²) in [5.41, 5.74) is 7.58. The number of pyridine rings is 1. The third-order valence-electron chi connectivity index (χ3n) is 2.46. The van der Waals surface area contributed by atoms with Crippen molar-refractivity contribution in [3.63, 3.8) is 0 Å². The molecule has 2 aromatic rings. The first-order valence-electron chi connectivity index (χ1n) is 5.28. The number of aryl methyl sites for hydroxylation is 1. The zero-order valence-corrected chi connectivity index (χ0v) is 10.7. The van der Waals surface area contributed by atoms with Crippen LogP contribution < -0.4 is 28.0 Å². The minimum Gasteiger partial charge on any atom is -1.00 e. The van der Waals surface area contributed by atoms with Crippen LogP contribution in [0.5, 0.6) is 0 Å². The monoisotopic (exact) mass is 263 g/mol. The fraction of sp³-hybridized carbons (Fsp3) is 0.0769. The fourth-order valence-corrected chi connectivity index (χ4v) is 1.52. The predicted octanol–water partition coefficient (Wildman–Crippen LogP) is -1.65. The van der Waals surface area contributed by atoms with E-state index in [-0.39, 0.29) is 18.3 Å². The van der Waals surface area contributed by atoms with Gasteiger partial charge in [0.25, 0.3) is 5.69 Å². The van der Waals surface area contributed by atoms with Crippen LogP contribution in [0, 0.1) is 0 Å². The summed E-state index contributed by atoms with van der Waals surface area (Å²) in [6.07, 6.45) is 1.83. The number of amides is 1. The number of carbonyl (C=O) groups is 1. The molecule has 4 nitrogen and oxygen atoms in total. The maximum absolute atomic E-state index is 12.0. The summed E-state index contributed by atoms with van der Waals surface area (Å²) in [5, 5.41) is 2.81. The highest BCUT2D eigenvalue weighted by Gasteiger charge is 2.15. The van der Waals surface area contributed by atoms with Crippen molar-refractivity contribution in [2.24, 2.45) is 7.05 Å². The van der Waals surface area contributed by atoms with Gasteiger partial charge in [-0.15, -0.1) is 0 Å². The van der Waals surface area contributed by atoms with Gasteiger partial charge in [-0.05, 0) is 30.3 Å². The average Bonchev–Trinajstić information content (AvgIpc) is 2.32. The highest BCUT2D eigenvalue weighted by molar-refractivity contribution is 6.01. The number of carbonyl (C=O) groups excluding carboxylic acids is 1. The third kappa shape index (κ3) is 3.21. The Labute approximate surface area is 112 Å². The SMILES string of the molecule is C[n+]1ccccc1C(=O)Nc1ccc(N)cc1.[Cl-]. The van der Waals surface area contributed by atoms with E-state index in [1.54, 1.807) is 34.9 Å². The van der Waals surface area contributed by atoms with E-state index in [2.05, 4.69) is 5.32 Å². The number of aromatic nitrogens is 1.